The summed E-state index contributed by atoms with van der Waals surface area (Å²) in [7, 11) is 0. The van der Waals surface area contributed by atoms with E-state index in [9.17, 15) is 14.4 Å². The third-order valence-electron chi connectivity index (χ3n) is 4.84. The van der Waals surface area contributed by atoms with Crippen LogP contribution in [0.3, 0.4) is 0 Å². The van der Waals surface area contributed by atoms with Gasteiger partial charge >= 0.3 is 5.97 Å². The quantitative estimate of drug-likeness (QED) is 0.606. The van der Waals surface area contributed by atoms with E-state index in [2.05, 4.69) is 10.4 Å². The third kappa shape index (κ3) is 4.40. The maximum atomic E-state index is 12.7. The smallest absolute Gasteiger partial charge is 0.359 e. The molecule has 0 aliphatic heterocycles. The molecule has 0 fully saturated rings. The Morgan fingerprint density at radius 3 is 2.50 bits per heavy atom. The van der Waals surface area contributed by atoms with Gasteiger partial charge in [-0.1, -0.05) is 50.2 Å². The van der Waals surface area contributed by atoms with E-state index in [4.69, 9.17) is 4.74 Å². The van der Waals surface area contributed by atoms with E-state index >= 15 is 0 Å². The summed E-state index contributed by atoms with van der Waals surface area (Å²) in [5.41, 5.74) is 2.45. The molecule has 0 aliphatic carbocycles. The van der Waals surface area contributed by atoms with Crippen molar-refractivity contribution in [1.82, 2.24) is 9.78 Å². The molecule has 0 aliphatic rings. The number of hydrogen-bond acceptors (Lipinski definition) is 5. The highest BCUT2D eigenvalue weighted by Crippen LogP contribution is 2.21. The Morgan fingerprint density at radius 1 is 1.07 bits per heavy atom. The van der Waals surface area contributed by atoms with E-state index < -0.39 is 18.5 Å². The molecule has 7 nitrogen and oxygen atoms in total. The number of carbonyl (C=O) groups is 2. The molecule has 1 aromatic heterocycles. The van der Waals surface area contributed by atoms with E-state index in [1.165, 1.54) is 4.68 Å². The molecule has 1 heterocycles. The molecule has 0 saturated heterocycles. The summed E-state index contributed by atoms with van der Waals surface area (Å²) in [5, 5.41) is 7.82. The molecule has 3 aromatic rings. The Kier molecular flexibility index (Phi) is 6.61. The number of ether oxygens (including phenoxy) is 1. The monoisotopic (exact) mass is 407 g/mol. The van der Waals surface area contributed by atoms with Gasteiger partial charge in [-0.15, -0.1) is 0 Å². The summed E-state index contributed by atoms with van der Waals surface area (Å²) in [6.07, 6.45) is 1.46. The average molecular weight is 407 g/mol. The van der Waals surface area contributed by atoms with Gasteiger partial charge in [0.25, 0.3) is 11.5 Å². The zero-order valence-corrected chi connectivity index (χ0v) is 17.4. The predicted octanol–water partition coefficient (Wildman–Crippen LogP) is 3.47. The number of amides is 1. The molecule has 1 N–H and O–H groups in total. The first-order chi connectivity index (χ1) is 14.5. The maximum absolute atomic E-state index is 12.7. The average Bonchev–Trinajstić information content (AvgIpc) is 2.75. The zero-order valence-electron chi connectivity index (χ0n) is 17.4. The lowest BCUT2D eigenvalue weighted by Crippen LogP contribution is -2.28. The Morgan fingerprint density at radius 2 is 1.80 bits per heavy atom. The van der Waals surface area contributed by atoms with Crippen molar-refractivity contribution in [2.75, 3.05) is 11.9 Å². The van der Waals surface area contributed by atoms with Crippen LogP contribution >= 0.6 is 0 Å². The van der Waals surface area contributed by atoms with E-state index in [1.807, 2.05) is 39.0 Å². The SMILES string of the molecule is CCCn1nc(C(=O)OCC(=O)Nc2c(C)cccc2CC)c2ccccc2c1=O. The van der Waals surface area contributed by atoms with E-state index in [1.54, 1.807) is 24.3 Å². The van der Waals surface area contributed by atoms with Crippen LogP contribution in [0.5, 0.6) is 0 Å². The highest BCUT2D eigenvalue weighted by atomic mass is 16.5. The van der Waals surface area contributed by atoms with Gasteiger partial charge in [0, 0.05) is 17.6 Å². The number of rotatable bonds is 7. The molecule has 1 amide bonds. The fraction of sp³-hybridized carbons (Fsp3) is 0.304. The number of nitrogens with one attached hydrogen (secondary N) is 1. The summed E-state index contributed by atoms with van der Waals surface area (Å²) >= 11 is 0. The molecule has 0 bridgehead atoms. The van der Waals surface area contributed by atoms with Gasteiger partial charge in [-0.25, -0.2) is 9.48 Å². The number of benzene rings is 2. The Hall–Kier alpha value is -3.48. The normalized spacial score (nSPS) is 10.8. The van der Waals surface area contributed by atoms with Crippen LogP contribution < -0.4 is 10.9 Å². The Balaban J connectivity index is 1.80. The lowest BCUT2D eigenvalue weighted by Gasteiger charge is -2.13. The number of nitrogens with zero attached hydrogens (tertiary/aromatic N) is 2. The topological polar surface area (TPSA) is 90.3 Å². The van der Waals surface area contributed by atoms with Crippen LogP contribution in [0, 0.1) is 6.92 Å². The Labute approximate surface area is 174 Å². The molecule has 30 heavy (non-hydrogen) atoms. The molecular weight excluding hydrogens is 382 g/mol. The molecule has 0 spiro atoms. The number of hydrogen-bond donors (Lipinski definition) is 1. The largest absolute Gasteiger partial charge is 0.451 e. The van der Waals surface area contributed by atoms with Gasteiger partial charge in [0.2, 0.25) is 0 Å². The van der Waals surface area contributed by atoms with Crippen LogP contribution in [-0.4, -0.2) is 28.3 Å². The summed E-state index contributed by atoms with van der Waals surface area (Å²) in [6.45, 7) is 5.78. The molecular formula is C23H25N3O4. The van der Waals surface area contributed by atoms with E-state index in [0.29, 0.717) is 23.7 Å². The van der Waals surface area contributed by atoms with Crippen molar-refractivity contribution in [3.8, 4) is 0 Å². The molecule has 3 rings (SSSR count). The van der Waals surface area contributed by atoms with Gasteiger partial charge in [0.1, 0.15) is 0 Å². The number of para-hydroxylation sites is 1. The van der Waals surface area contributed by atoms with Crippen molar-refractivity contribution < 1.29 is 14.3 Å². The van der Waals surface area contributed by atoms with Crippen LogP contribution in [0.4, 0.5) is 5.69 Å². The summed E-state index contributed by atoms with van der Waals surface area (Å²) in [6, 6.07) is 12.6. The second kappa shape index (κ2) is 9.35. The predicted molar refractivity (Wildman–Crippen MR) is 116 cm³/mol. The van der Waals surface area contributed by atoms with Crippen molar-refractivity contribution >= 4 is 28.3 Å². The third-order valence-corrected chi connectivity index (χ3v) is 4.84. The molecule has 7 heteroatoms. The lowest BCUT2D eigenvalue weighted by atomic mass is 10.1. The number of anilines is 1. The van der Waals surface area contributed by atoms with Crippen molar-refractivity contribution in [2.45, 2.75) is 40.2 Å². The molecule has 0 radical (unpaired) electrons. The minimum atomic E-state index is -0.744. The van der Waals surface area contributed by atoms with Gasteiger partial charge in [-0.2, -0.15) is 5.10 Å². The highest BCUT2D eigenvalue weighted by Gasteiger charge is 2.19. The van der Waals surface area contributed by atoms with Gasteiger partial charge in [-0.3, -0.25) is 9.59 Å². The first-order valence-electron chi connectivity index (χ1n) is 10.0. The fourth-order valence-corrected chi connectivity index (χ4v) is 3.33. The number of carbonyl (C=O) groups excluding carboxylic acids is 2. The van der Waals surface area contributed by atoms with Crippen molar-refractivity contribution in [1.29, 1.82) is 0 Å². The van der Waals surface area contributed by atoms with E-state index in [-0.39, 0.29) is 11.3 Å². The van der Waals surface area contributed by atoms with Crippen LogP contribution in [-0.2, 0) is 22.5 Å². The van der Waals surface area contributed by atoms with Crippen LogP contribution in [0.1, 0.15) is 41.9 Å². The van der Waals surface area contributed by atoms with Crippen LogP contribution in [0.2, 0.25) is 0 Å². The molecule has 2 aromatic carbocycles. The number of aryl methyl sites for hydroxylation is 3. The molecule has 0 unspecified atom stereocenters. The van der Waals surface area contributed by atoms with Crippen molar-refractivity contribution in [3.05, 3.63) is 69.6 Å². The Bertz CT molecular complexity index is 1150. The molecule has 156 valence electrons. The summed E-state index contributed by atoms with van der Waals surface area (Å²) in [5.74, 6) is -1.18. The fourth-order valence-electron chi connectivity index (χ4n) is 3.33. The van der Waals surface area contributed by atoms with Gasteiger partial charge in [0.15, 0.2) is 12.3 Å². The second-order valence-corrected chi connectivity index (χ2v) is 7.01. The molecule has 0 atom stereocenters. The number of fused-ring (bicyclic) bond motifs is 1. The van der Waals surface area contributed by atoms with Gasteiger partial charge in [-0.05, 0) is 37.0 Å². The van der Waals surface area contributed by atoms with Crippen LogP contribution in [0.15, 0.2) is 47.3 Å². The lowest BCUT2D eigenvalue weighted by molar-refractivity contribution is -0.119. The van der Waals surface area contributed by atoms with Crippen molar-refractivity contribution in [3.63, 3.8) is 0 Å². The van der Waals surface area contributed by atoms with Crippen molar-refractivity contribution in [2.24, 2.45) is 0 Å². The van der Waals surface area contributed by atoms with Gasteiger partial charge < -0.3 is 10.1 Å². The second-order valence-electron chi connectivity index (χ2n) is 7.01. The summed E-state index contributed by atoms with van der Waals surface area (Å²) in [4.78, 5) is 37.6. The first-order valence-corrected chi connectivity index (χ1v) is 10.0. The zero-order chi connectivity index (χ0) is 21.7. The van der Waals surface area contributed by atoms with E-state index in [0.717, 1.165) is 23.2 Å². The number of aromatic nitrogens is 2. The van der Waals surface area contributed by atoms with Gasteiger partial charge in [0.05, 0.1) is 5.39 Å². The summed E-state index contributed by atoms with van der Waals surface area (Å²) < 4.78 is 6.49. The minimum absolute atomic E-state index is 0.0246. The molecule has 0 saturated carbocycles. The number of esters is 1. The maximum Gasteiger partial charge on any atom is 0.359 e. The minimum Gasteiger partial charge on any atom is -0.451 e. The first kappa shape index (κ1) is 21.2. The standard InChI is InChI=1S/C23H25N3O4/c1-4-13-26-22(28)18-12-7-6-11-17(18)21(25-26)23(29)30-14-19(27)24-20-15(3)9-8-10-16(20)5-2/h6-12H,4-5,13-14H2,1-3H3,(H,24,27). The highest BCUT2D eigenvalue weighted by molar-refractivity contribution is 6.03. The van der Waals surface area contributed by atoms with Crippen LogP contribution in [0.25, 0.3) is 10.8 Å².